The number of primary amides is 1. The first-order chi connectivity index (χ1) is 10.6. The van der Waals surface area contributed by atoms with E-state index >= 15 is 0 Å². The number of Topliss-reactive ketones (excluding diaryl/α,β-unsaturated/α-hetero) is 1. The minimum atomic E-state index is -0.521. The van der Waals surface area contributed by atoms with Crippen LogP contribution in [-0.4, -0.2) is 40.6 Å². The van der Waals surface area contributed by atoms with E-state index in [9.17, 15) is 14.4 Å². The number of piperidine rings is 1. The van der Waals surface area contributed by atoms with Gasteiger partial charge in [-0.15, -0.1) is 0 Å². The zero-order valence-electron chi connectivity index (χ0n) is 12.0. The van der Waals surface area contributed by atoms with Gasteiger partial charge in [0.15, 0.2) is 0 Å². The summed E-state index contributed by atoms with van der Waals surface area (Å²) in [5, 5.41) is 0.743. The number of rotatable bonds is 3. The van der Waals surface area contributed by atoms with Crippen molar-refractivity contribution in [2.24, 2.45) is 11.7 Å². The zero-order chi connectivity index (χ0) is 15.7. The highest BCUT2D eigenvalue weighted by Crippen LogP contribution is 2.21. The minimum absolute atomic E-state index is 0.202. The van der Waals surface area contributed by atoms with E-state index < -0.39 is 11.7 Å². The lowest BCUT2D eigenvalue weighted by Gasteiger charge is -2.29. The summed E-state index contributed by atoms with van der Waals surface area (Å²) < 4.78 is 0. The number of fused-ring (bicyclic) bond motifs is 1. The molecule has 0 radical (unpaired) electrons. The van der Waals surface area contributed by atoms with Crippen LogP contribution in [0.1, 0.15) is 23.2 Å². The maximum absolute atomic E-state index is 12.4. The molecule has 0 spiro atoms. The molecule has 0 bridgehead atoms. The quantitative estimate of drug-likeness (QED) is 0.655. The molecule has 2 heterocycles. The van der Waals surface area contributed by atoms with Crippen molar-refractivity contribution in [2.75, 3.05) is 13.1 Å². The van der Waals surface area contributed by atoms with Crippen molar-refractivity contribution in [3.63, 3.8) is 0 Å². The van der Waals surface area contributed by atoms with E-state index in [0.29, 0.717) is 31.5 Å². The molecule has 2 aromatic rings. The lowest BCUT2D eigenvalue weighted by molar-refractivity contribution is -0.131. The number of H-pyrrole nitrogens is 1. The summed E-state index contributed by atoms with van der Waals surface area (Å²) in [5.74, 6) is -1.58. The highest BCUT2D eigenvalue weighted by Gasteiger charge is 2.30. The fourth-order valence-corrected chi connectivity index (χ4v) is 2.89. The molecule has 0 aliphatic carbocycles. The van der Waals surface area contributed by atoms with E-state index in [0.717, 1.165) is 10.9 Å². The predicted molar refractivity (Wildman–Crippen MR) is 81.1 cm³/mol. The number of nitrogens with zero attached hydrogens (tertiary/aromatic N) is 1. The fourth-order valence-electron chi connectivity index (χ4n) is 2.89. The molecule has 1 aliphatic heterocycles. The molecule has 6 heteroatoms. The Labute approximate surface area is 127 Å². The monoisotopic (exact) mass is 299 g/mol. The van der Waals surface area contributed by atoms with E-state index in [4.69, 9.17) is 5.73 Å². The first-order valence-electron chi connectivity index (χ1n) is 7.27. The second-order valence-electron chi connectivity index (χ2n) is 5.55. The molecular weight excluding hydrogens is 282 g/mol. The van der Waals surface area contributed by atoms with Crippen LogP contribution in [0.2, 0.25) is 0 Å². The average molecular weight is 299 g/mol. The van der Waals surface area contributed by atoms with Gasteiger partial charge in [0.05, 0.1) is 5.56 Å². The van der Waals surface area contributed by atoms with E-state index in [1.807, 2.05) is 24.3 Å². The van der Waals surface area contributed by atoms with E-state index in [1.54, 1.807) is 6.20 Å². The second kappa shape index (κ2) is 5.63. The molecule has 3 rings (SSSR count). The van der Waals surface area contributed by atoms with Gasteiger partial charge in [-0.1, -0.05) is 18.2 Å². The Hall–Kier alpha value is -2.63. The first-order valence-corrected chi connectivity index (χ1v) is 7.27. The van der Waals surface area contributed by atoms with Gasteiger partial charge in [-0.2, -0.15) is 0 Å². The summed E-state index contributed by atoms with van der Waals surface area (Å²) in [6, 6.07) is 7.36. The maximum atomic E-state index is 12.4. The number of amides is 2. The first kappa shape index (κ1) is 14.3. The van der Waals surface area contributed by atoms with Crippen molar-refractivity contribution in [1.82, 2.24) is 9.88 Å². The normalized spacial score (nSPS) is 15.9. The third kappa shape index (κ3) is 2.47. The van der Waals surface area contributed by atoms with Crippen molar-refractivity contribution in [1.29, 1.82) is 0 Å². The Morgan fingerprint density at radius 1 is 1.14 bits per heavy atom. The summed E-state index contributed by atoms with van der Waals surface area (Å²) in [6.45, 7) is 0.779. The van der Waals surface area contributed by atoms with Crippen LogP contribution in [0.25, 0.3) is 10.9 Å². The number of nitrogens with one attached hydrogen (secondary N) is 1. The number of aromatic nitrogens is 1. The lowest BCUT2D eigenvalue weighted by atomic mass is 9.95. The molecular formula is C16H17N3O3. The molecule has 1 aromatic heterocycles. The fraction of sp³-hybridized carbons (Fsp3) is 0.312. The number of likely N-dealkylation sites (tertiary alicyclic amines) is 1. The van der Waals surface area contributed by atoms with Crippen LogP contribution in [0.5, 0.6) is 0 Å². The zero-order valence-corrected chi connectivity index (χ0v) is 12.0. The number of aromatic amines is 1. The summed E-state index contributed by atoms with van der Waals surface area (Å²) in [4.78, 5) is 40.4. The van der Waals surface area contributed by atoms with Crippen molar-refractivity contribution >= 4 is 28.5 Å². The molecule has 0 unspecified atom stereocenters. The summed E-state index contributed by atoms with van der Waals surface area (Å²) in [5.41, 5.74) is 6.49. The van der Waals surface area contributed by atoms with Crippen LogP contribution in [0, 0.1) is 5.92 Å². The molecule has 22 heavy (non-hydrogen) atoms. The van der Waals surface area contributed by atoms with Crippen LogP contribution in [0.3, 0.4) is 0 Å². The van der Waals surface area contributed by atoms with Gasteiger partial charge in [0, 0.05) is 36.1 Å². The van der Waals surface area contributed by atoms with Gasteiger partial charge in [-0.25, -0.2) is 0 Å². The lowest BCUT2D eigenvalue weighted by Crippen LogP contribution is -2.44. The van der Waals surface area contributed by atoms with Gasteiger partial charge in [0.2, 0.25) is 5.91 Å². The second-order valence-corrected chi connectivity index (χ2v) is 5.55. The molecule has 6 nitrogen and oxygen atoms in total. The van der Waals surface area contributed by atoms with Gasteiger partial charge in [0.25, 0.3) is 11.7 Å². The number of hydrogen-bond acceptors (Lipinski definition) is 3. The van der Waals surface area contributed by atoms with E-state index in [-0.39, 0.29) is 11.8 Å². The third-order valence-electron chi connectivity index (χ3n) is 4.21. The van der Waals surface area contributed by atoms with Gasteiger partial charge in [-0.05, 0) is 18.9 Å². The van der Waals surface area contributed by atoms with Crippen molar-refractivity contribution < 1.29 is 14.4 Å². The van der Waals surface area contributed by atoms with Gasteiger partial charge < -0.3 is 15.6 Å². The number of ketones is 1. The van der Waals surface area contributed by atoms with Crippen LogP contribution < -0.4 is 5.73 Å². The van der Waals surface area contributed by atoms with Crippen molar-refractivity contribution in [2.45, 2.75) is 12.8 Å². The number of carbonyl (C=O) groups is 3. The molecule has 114 valence electrons. The van der Waals surface area contributed by atoms with Crippen LogP contribution >= 0.6 is 0 Å². The number of benzene rings is 1. The standard InChI is InChI=1S/C16H17N3O3/c17-15(21)10-5-7-19(8-6-10)16(22)14(20)12-9-18-13-4-2-1-3-11(12)13/h1-4,9-10,18H,5-8H2,(H2,17,21). The highest BCUT2D eigenvalue weighted by atomic mass is 16.2. The number of nitrogens with two attached hydrogens (primary N) is 1. The Bertz CT molecular complexity index is 742. The van der Waals surface area contributed by atoms with Crippen molar-refractivity contribution in [3.8, 4) is 0 Å². The minimum Gasteiger partial charge on any atom is -0.369 e. The largest absolute Gasteiger partial charge is 0.369 e. The highest BCUT2D eigenvalue weighted by molar-refractivity contribution is 6.44. The topological polar surface area (TPSA) is 96.3 Å². The summed E-state index contributed by atoms with van der Waals surface area (Å²) in [7, 11) is 0. The Morgan fingerprint density at radius 2 is 1.82 bits per heavy atom. The molecule has 0 saturated carbocycles. The van der Waals surface area contributed by atoms with Crippen LogP contribution in [0.15, 0.2) is 30.5 Å². The van der Waals surface area contributed by atoms with Crippen molar-refractivity contribution in [3.05, 3.63) is 36.0 Å². The molecule has 1 fully saturated rings. The van der Waals surface area contributed by atoms with Crippen LogP contribution in [0.4, 0.5) is 0 Å². The third-order valence-corrected chi connectivity index (χ3v) is 4.21. The van der Waals surface area contributed by atoms with Gasteiger partial charge in [-0.3, -0.25) is 14.4 Å². The smallest absolute Gasteiger partial charge is 0.295 e. The van der Waals surface area contributed by atoms with E-state index in [1.165, 1.54) is 4.90 Å². The Kier molecular flexibility index (Phi) is 3.66. The SMILES string of the molecule is NC(=O)C1CCN(C(=O)C(=O)c2c[nH]c3ccccc23)CC1. The maximum Gasteiger partial charge on any atom is 0.295 e. The molecule has 1 aromatic carbocycles. The Balaban J connectivity index is 1.75. The van der Waals surface area contributed by atoms with Crippen LogP contribution in [-0.2, 0) is 9.59 Å². The number of para-hydroxylation sites is 1. The predicted octanol–water partition coefficient (Wildman–Crippen LogP) is 1.07. The molecule has 0 atom stereocenters. The van der Waals surface area contributed by atoms with Gasteiger partial charge >= 0.3 is 0 Å². The number of hydrogen-bond donors (Lipinski definition) is 2. The van der Waals surface area contributed by atoms with Gasteiger partial charge in [0.1, 0.15) is 0 Å². The summed E-state index contributed by atoms with van der Waals surface area (Å²) >= 11 is 0. The Morgan fingerprint density at radius 3 is 2.50 bits per heavy atom. The molecule has 1 saturated heterocycles. The molecule has 2 amide bonds. The molecule has 3 N–H and O–H groups in total. The number of carbonyl (C=O) groups excluding carboxylic acids is 3. The molecule has 1 aliphatic rings. The summed E-state index contributed by atoms with van der Waals surface area (Å²) in [6.07, 6.45) is 2.60. The average Bonchev–Trinajstić information content (AvgIpc) is 2.97. The van der Waals surface area contributed by atoms with E-state index in [2.05, 4.69) is 4.98 Å².